The van der Waals surface area contributed by atoms with Crippen molar-refractivity contribution in [3.63, 3.8) is 0 Å². The Morgan fingerprint density at radius 1 is 1.41 bits per heavy atom. The van der Waals surface area contributed by atoms with E-state index >= 15 is 0 Å². The summed E-state index contributed by atoms with van der Waals surface area (Å²) in [6.07, 6.45) is -0.396. The molecule has 1 unspecified atom stereocenters. The molecule has 0 saturated carbocycles. The minimum Gasteiger partial charge on any atom is -0.481 e. The summed E-state index contributed by atoms with van der Waals surface area (Å²) in [5.41, 5.74) is 0.492. The van der Waals surface area contributed by atoms with Crippen LogP contribution in [-0.2, 0) is 20.4 Å². The van der Waals surface area contributed by atoms with Crippen molar-refractivity contribution in [1.29, 1.82) is 0 Å². The number of carbonyl (C=O) groups is 1. The molecule has 94 valence electrons. The molecule has 0 aliphatic heterocycles. The van der Waals surface area contributed by atoms with Gasteiger partial charge in [0.05, 0.1) is 17.4 Å². The van der Waals surface area contributed by atoms with Gasteiger partial charge in [-0.3, -0.25) is 4.79 Å². The molecule has 0 spiro atoms. The number of hydrogen-bond acceptors (Lipinski definition) is 3. The monoisotopic (exact) mass is 276 g/mol. The molecule has 0 fully saturated rings. The molecule has 0 aliphatic rings. The normalized spacial score (nSPS) is 13.3. The molecule has 0 saturated heterocycles. The highest BCUT2D eigenvalue weighted by molar-refractivity contribution is 7.91. The summed E-state index contributed by atoms with van der Waals surface area (Å²) in [6.45, 7) is 1.39. The quantitative estimate of drug-likeness (QED) is 0.894. The third kappa shape index (κ3) is 4.02. The molecule has 1 atom stereocenters. The number of aliphatic carboxylic acids is 1. The van der Waals surface area contributed by atoms with Gasteiger partial charge in [0.1, 0.15) is 0 Å². The Hall–Kier alpha value is -1.07. The summed E-state index contributed by atoms with van der Waals surface area (Å²) in [5.74, 6) is -1.36. The molecule has 0 amide bonds. The number of carboxylic acid groups (broad SMARTS) is 1. The van der Waals surface area contributed by atoms with Crippen molar-refractivity contribution >= 4 is 27.4 Å². The Labute approximate surface area is 105 Å². The van der Waals surface area contributed by atoms with Gasteiger partial charge in [0.25, 0.3) is 0 Å². The molecule has 17 heavy (non-hydrogen) atoms. The van der Waals surface area contributed by atoms with E-state index in [2.05, 4.69) is 0 Å². The second kappa shape index (κ2) is 5.51. The van der Waals surface area contributed by atoms with Crippen LogP contribution in [0, 0.1) is 0 Å². The summed E-state index contributed by atoms with van der Waals surface area (Å²) in [5, 5.41) is 8.03. The van der Waals surface area contributed by atoms with Gasteiger partial charge >= 0.3 is 5.97 Å². The molecule has 6 heteroatoms. The number of hydrogen-bond donors (Lipinski definition) is 1. The van der Waals surface area contributed by atoms with Gasteiger partial charge in [-0.25, -0.2) is 8.42 Å². The average molecular weight is 277 g/mol. The Kier molecular flexibility index (Phi) is 4.54. The fraction of sp³-hybridized carbons (Fsp3) is 0.364. The van der Waals surface area contributed by atoms with Crippen LogP contribution in [-0.4, -0.2) is 24.7 Å². The largest absolute Gasteiger partial charge is 0.481 e. The lowest BCUT2D eigenvalue weighted by molar-refractivity contribution is -0.136. The van der Waals surface area contributed by atoms with Crippen molar-refractivity contribution in [3.8, 4) is 0 Å². The maximum atomic E-state index is 11.9. The van der Waals surface area contributed by atoms with Crippen LogP contribution in [0.3, 0.4) is 0 Å². The smallest absolute Gasteiger partial charge is 0.304 e. The van der Waals surface area contributed by atoms with Crippen LogP contribution in [0.5, 0.6) is 0 Å². The van der Waals surface area contributed by atoms with Crippen LogP contribution in [0.2, 0.25) is 5.02 Å². The molecule has 0 heterocycles. The topological polar surface area (TPSA) is 71.4 Å². The molecule has 4 nitrogen and oxygen atoms in total. The zero-order valence-corrected chi connectivity index (χ0v) is 10.8. The van der Waals surface area contributed by atoms with E-state index < -0.39 is 27.5 Å². The van der Waals surface area contributed by atoms with Crippen molar-refractivity contribution in [2.24, 2.45) is 0 Å². The molecule has 0 aliphatic carbocycles. The second-order valence-electron chi connectivity index (χ2n) is 3.81. The summed E-state index contributed by atoms with van der Waals surface area (Å²) in [4.78, 5) is 10.5. The number of sulfone groups is 1. The molecule has 1 aromatic carbocycles. The molecular formula is C11H13ClO4S. The van der Waals surface area contributed by atoms with Crippen molar-refractivity contribution in [2.75, 3.05) is 0 Å². The minimum absolute atomic E-state index is 0.235. The van der Waals surface area contributed by atoms with Gasteiger partial charge in [-0.05, 0) is 18.6 Å². The van der Waals surface area contributed by atoms with Crippen LogP contribution in [0.15, 0.2) is 24.3 Å². The lowest BCUT2D eigenvalue weighted by atomic mass is 10.2. The van der Waals surface area contributed by atoms with E-state index in [0.29, 0.717) is 10.6 Å². The Balaban J connectivity index is 2.87. The second-order valence-corrected chi connectivity index (χ2v) is 6.63. The van der Waals surface area contributed by atoms with Crippen molar-refractivity contribution < 1.29 is 18.3 Å². The lowest BCUT2D eigenvalue weighted by Crippen LogP contribution is -2.22. The lowest BCUT2D eigenvalue weighted by Gasteiger charge is -2.11. The maximum Gasteiger partial charge on any atom is 0.304 e. The first-order valence-corrected chi connectivity index (χ1v) is 7.09. The van der Waals surface area contributed by atoms with Crippen LogP contribution >= 0.6 is 11.6 Å². The first kappa shape index (κ1) is 14.0. The van der Waals surface area contributed by atoms with Crippen molar-refractivity contribution in [3.05, 3.63) is 34.9 Å². The number of halogens is 1. The van der Waals surface area contributed by atoms with Gasteiger partial charge in [0, 0.05) is 5.02 Å². The van der Waals surface area contributed by atoms with E-state index in [1.54, 1.807) is 24.3 Å². The number of carboxylic acids is 1. The highest BCUT2D eigenvalue weighted by Gasteiger charge is 2.24. The van der Waals surface area contributed by atoms with Crippen LogP contribution < -0.4 is 0 Å². The predicted molar refractivity (Wildman–Crippen MR) is 65.8 cm³/mol. The van der Waals surface area contributed by atoms with Crippen LogP contribution in [0.4, 0.5) is 0 Å². The highest BCUT2D eigenvalue weighted by Crippen LogP contribution is 2.20. The van der Waals surface area contributed by atoms with Gasteiger partial charge in [-0.15, -0.1) is 0 Å². The van der Waals surface area contributed by atoms with E-state index in [0.717, 1.165) is 0 Å². The molecule has 1 N–H and O–H groups in total. The van der Waals surface area contributed by atoms with Crippen LogP contribution in [0.1, 0.15) is 18.9 Å². The zero-order chi connectivity index (χ0) is 13.1. The minimum atomic E-state index is -3.50. The summed E-state index contributed by atoms with van der Waals surface area (Å²) < 4.78 is 23.7. The summed E-state index contributed by atoms with van der Waals surface area (Å²) in [6, 6.07) is 6.62. The maximum absolute atomic E-state index is 11.9. The fourth-order valence-corrected chi connectivity index (χ4v) is 3.00. The highest BCUT2D eigenvalue weighted by atomic mass is 35.5. The molecule has 0 radical (unpaired) electrons. The van der Waals surface area contributed by atoms with Gasteiger partial charge in [-0.2, -0.15) is 0 Å². The average Bonchev–Trinajstić information content (AvgIpc) is 2.20. The van der Waals surface area contributed by atoms with E-state index in [-0.39, 0.29) is 5.75 Å². The molecule has 0 bridgehead atoms. The predicted octanol–water partition coefficient (Wildman–Crippen LogP) is 2.12. The first-order valence-electron chi connectivity index (χ1n) is 4.99. The number of rotatable bonds is 5. The Bertz CT molecular complexity index is 510. The van der Waals surface area contributed by atoms with Crippen LogP contribution in [0.25, 0.3) is 0 Å². The molecular weight excluding hydrogens is 264 g/mol. The molecule has 1 rings (SSSR count). The van der Waals surface area contributed by atoms with E-state index in [4.69, 9.17) is 16.7 Å². The summed E-state index contributed by atoms with van der Waals surface area (Å²) >= 11 is 5.86. The van der Waals surface area contributed by atoms with Crippen molar-refractivity contribution in [1.82, 2.24) is 0 Å². The molecule has 0 aromatic heterocycles. The van der Waals surface area contributed by atoms with Gasteiger partial charge < -0.3 is 5.11 Å². The van der Waals surface area contributed by atoms with Gasteiger partial charge in [0.15, 0.2) is 9.84 Å². The Morgan fingerprint density at radius 3 is 2.53 bits per heavy atom. The third-order valence-corrected chi connectivity index (χ3v) is 4.86. The molecule has 1 aromatic rings. The van der Waals surface area contributed by atoms with Gasteiger partial charge in [-0.1, -0.05) is 29.8 Å². The van der Waals surface area contributed by atoms with Crippen molar-refractivity contribution in [2.45, 2.75) is 24.3 Å². The fourth-order valence-electron chi connectivity index (χ4n) is 1.35. The standard InChI is InChI=1S/C11H13ClO4S/c1-8(6-11(13)14)17(15,16)7-9-4-2-3-5-10(9)12/h2-5,8H,6-7H2,1H3,(H,13,14). The van der Waals surface area contributed by atoms with Gasteiger partial charge in [0.2, 0.25) is 0 Å². The van der Waals surface area contributed by atoms with E-state index in [9.17, 15) is 13.2 Å². The first-order chi connectivity index (χ1) is 7.83. The zero-order valence-electron chi connectivity index (χ0n) is 9.26. The third-order valence-electron chi connectivity index (χ3n) is 2.39. The summed E-state index contributed by atoms with van der Waals surface area (Å²) in [7, 11) is -3.50. The Morgan fingerprint density at radius 2 is 2.00 bits per heavy atom. The SMILES string of the molecule is CC(CC(=O)O)S(=O)(=O)Cc1ccccc1Cl. The van der Waals surface area contributed by atoms with E-state index in [1.807, 2.05) is 0 Å². The number of benzene rings is 1. The van der Waals surface area contributed by atoms with E-state index in [1.165, 1.54) is 6.92 Å².